The summed E-state index contributed by atoms with van der Waals surface area (Å²) in [7, 11) is 0. The maximum atomic E-state index is 12.0. The van der Waals surface area contributed by atoms with Crippen LogP contribution in [0.2, 0.25) is 4.34 Å². The van der Waals surface area contributed by atoms with E-state index in [4.69, 9.17) is 16.7 Å². The molecule has 1 fully saturated rings. The van der Waals surface area contributed by atoms with Gasteiger partial charge in [-0.1, -0.05) is 11.6 Å². The van der Waals surface area contributed by atoms with Gasteiger partial charge in [0.25, 0.3) is 5.91 Å². The molecule has 20 heavy (non-hydrogen) atoms. The molecule has 1 atom stereocenters. The third-order valence-electron chi connectivity index (χ3n) is 3.67. The Morgan fingerprint density at radius 2 is 2.10 bits per heavy atom. The molecule has 5 nitrogen and oxygen atoms in total. The lowest BCUT2D eigenvalue weighted by molar-refractivity contribution is 0.0894. The van der Waals surface area contributed by atoms with Gasteiger partial charge in [-0.3, -0.25) is 4.79 Å². The van der Waals surface area contributed by atoms with Crippen molar-refractivity contribution >= 4 is 34.9 Å². The van der Waals surface area contributed by atoms with E-state index in [9.17, 15) is 9.59 Å². The topological polar surface area (TPSA) is 69.6 Å². The molecule has 2 N–H and O–H groups in total. The summed E-state index contributed by atoms with van der Waals surface area (Å²) in [4.78, 5) is 24.9. The van der Waals surface area contributed by atoms with Gasteiger partial charge in [0, 0.05) is 19.1 Å². The van der Waals surface area contributed by atoms with Crippen LogP contribution in [0.1, 0.15) is 29.4 Å². The Bertz CT molecular complexity index is 498. The van der Waals surface area contributed by atoms with Gasteiger partial charge in [-0.2, -0.15) is 0 Å². The lowest BCUT2D eigenvalue weighted by Gasteiger charge is -2.33. The second-order valence-electron chi connectivity index (χ2n) is 4.97. The van der Waals surface area contributed by atoms with E-state index in [0.717, 1.165) is 12.8 Å². The van der Waals surface area contributed by atoms with Crippen LogP contribution in [-0.2, 0) is 0 Å². The molecule has 7 heteroatoms. The first-order valence-corrected chi connectivity index (χ1v) is 7.71. The van der Waals surface area contributed by atoms with E-state index in [1.54, 1.807) is 12.1 Å². The molecule has 0 aliphatic carbocycles. The Balaban J connectivity index is 1.85. The van der Waals surface area contributed by atoms with Gasteiger partial charge in [0.15, 0.2) is 0 Å². The first-order chi connectivity index (χ1) is 9.47. The average Bonchev–Trinajstić information content (AvgIpc) is 2.85. The van der Waals surface area contributed by atoms with E-state index in [2.05, 4.69) is 5.32 Å². The highest BCUT2D eigenvalue weighted by atomic mass is 35.5. The van der Waals surface area contributed by atoms with Crippen molar-refractivity contribution in [2.45, 2.75) is 25.8 Å². The highest BCUT2D eigenvalue weighted by Crippen LogP contribution is 2.23. The standard InChI is InChI=1S/C13H17ClN2O3S/c1-8(9-4-6-16(7-5-9)13(18)19)15-12(17)10-2-3-11(14)20-10/h2-3,8-9H,4-7H2,1H3,(H,15,17)(H,18,19). The van der Waals surface area contributed by atoms with E-state index in [0.29, 0.717) is 28.2 Å². The van der Waals surface area contributed by atoms with Crippen molar-refractivity contribution in [2.24, 2.45) is 5.92 Å². The molecule has 1 aliphatic rings. The van der Waals surface area contributed by atoms with Crippen LogP contribution < -0.4 is 5.32 Å². The summed E-state index contributed by atoms with van der Waals surface area (Å²) in [5, 5.41) is 11.9. The van der Waals surface area contributed by atoms with Crippen LogP contribution in [0.4, 0.5) is 4.79 Å². The Kier molecular flexibility index (Phi) is 4.88. The number of piperidine rings is 1. The van der Waals surface area contributed by atoms with Crippen molar-refractivity contribution < 1.29 is 14.7 Å². The third kappa shape index (κ3) is 3.64. The molecule has 1 aromatic rings. The molecule has 0 saturated carbocycles. The van der Waals surface area contributed by atoms with Crippen LogP contribution in [0.5, 0.6) is 0 Å². The van der Waals surface area contributed by atoms with Crippen LogP contribution in [0.3, 0.4) is 0 Å². The fraction of sp³-hybridized carbons (Fsp3) is 0.538. The van der Waals surface area contributed by atoms with Crippen molar-refractivity contribution in [2.75, 3.05) is 13.1 Å². The molecule has 0 bridgehead atoms. The van der Waals surface area contributed by atoms with Gasteiger partial charge in [-0.15, -0.1) is 11.3 Å². The molecule has 1 saturated heterocycles. The minimum Gasteiger partial charge on any atom is -0.465 e. The second-order valence-corrected chi connectivity index (χ2v) is 6.69. The van der Waals surface area contributed by atoms with Gasteiger partial charge < -0.3 is 15.3 Å². The number of carbonyl (C=O) groups is 2. The summed E-state index contributed by atoms with van der Waals surface area (Å²) in [6, 6.07) is 3.44. The largest absolute Gasteiger partial charge is 0.465 e. The van der Waals surface area contributed by atoms with Crippen LogP contribution in [0.15, 0.2) is 12.1 Å². The first-order valence-electron chi connectivity index (χ1n) is 6.51. The highest BCUT2D eigenvalue weighted by molar-refractivity contribution is 7.17. The average molecular weight is 317 g/mol. The summed E-state index contributed by atoms with van der Waals surface area (Å²) in [5.74, 6) is 0.194. The summed E-state index contributed by atoms with van der Waals surface area (Å²) in [6.45, 7) is 3.03. The third-order valence-corrected chi connectivity index (χ3v) is 4.90. The molecule has 0 aromatic carbocycles. The van der Waals surface area contributed by atoms with E-state index in [1.807, 2.05) is 6.92 Å². The predicted molar refractivity (Wildman–Crippen MR) is 78.6 cm³/mol. The summed E-state index contributed by atoms with van der Waals surface area (Å²) < 4.78 is 0.595. The Morgan fingerprint density at radius 1 is 1.45 bits per heavy atom. The molecular weight excluding hydrogens is 300 g/mol. The molecule has 2 heterocycles. The lowest BCUT2D eigenvalue weighted by atomic mass is 9.90. The van der Waals surface area contributed by atoms with Gasteiger partial charge in [-0.05, 0) is 37.8 Å². The maximum absolute atomic E-state index is 12.0. The first kappa shape index (κ1) is 15.1. The zero-order chi connectivity index (χ0) is 14.7. The van der Waals surface area contributed by atoms with Gasteiger partial charge in [-0.25, -0.2) is 4.79 Å². The minimum atomic E-state index is -0.867. The second kappa shape index (κ2) is 6.45. The number of rotatable bonds is 3. The van der Waals surface area contributed by atoms with E-state index in [-0.39, 0.29) is 11.9 Å². The summed E-state index contributed by atoms with van der Waals surface area (Å²) >= 11 is 7.07. The van der Waals surface area contributed by atoms with Crippen molar-refractivity contribution in [1.29, 1.82) is 0 Å². The SMILES string of the molecule is CC(NC(=O)c1ccc(Cl)s1)C1CCN(C(=O)O)CC1. The zero-order valence-electron chi connectivity index (χ0n) is 11.1. The Labute approximate surface area is 126 Å². The molecule has 1 aliphatic heterocycles. The van der Waals surface area contributed by atoms with E-state index >= 15 is 0 Å². The minimum absolute atomic E-state index is 0.0271. The maximum Gasteiger partial charge on any atom is 0.407 e. The van der Waals surface area contributed by atoms with E-state index in [1.165, 1.54) is 16.2 Å². The number of carboxylic acid groups (broad SMARTS) is 1. The molecule has 0 spiro atoms. The fourth-order valence-electron chi connectivity index (χ4n) is 2.42. The van der Waals surface area contributed by atoms with Crippen LogP contribution >= 0.6 is 22.9 Å². The van der Waals surface area contributed by atoms with Gasteiger partial charge in [0.2, 0.25) is 0 Å². The molecule has 2 rings (SSSR count). The number of nitrogens with zero attached hydrogens (tertiary/aromatic N) is 1. The molecule has 0 radical (unpaired) electrons. The molecule has 1 aromatic heterocycles. The monoisotopic (exact) mass is 316 g/mol. The predicted octanol–water partition coefficient (Wildman–Crippen LogP) is 2.91. The number of likely N-dealkylation sites (tertiary alicyclic amines) is 1. The molecule has 2 amide bonds. The van der Waals surface area contributed by atoms with Gasteiger partial charge in [0.05, 0.1) is 9.21 Å². The quantitative estimate of drug-likeness (QED) is 0.900. The van der Waals surface area contributed by atoms with E-state index < -0.39 is 6.09 Å². The Morgan fingerprint density at radius 3 is 2.60 bits per heavy atom. The number of hydrogen-bond acceptors (Lipinski definition) is 3. The summed E-state index contributed by atoms with van der Waals surface area (Å²) in [5.41, 5.74) is 0. The van der Waals surface area contributed by atoms with Gasteiger partial charge in [0.1, 0.15) is 0 Å². The van der Waals surface area contributed by atoms with Crippen LogP contribution in [0, 0.1) is 5.92 Å². The highest BCUT2D eigenvalue weighted by Gasteiger charge is 2.27. The van der Waals surface area contributed by atoms with Gasteiger partial charge >= 0.3 is 6.09 Å². The normalized spacial score (nSPS) is 17.8. The molecule has 110 valence electrons. The van der Waals surface area contributed by atoms with Crippen molar-refractivity contribution in [3.63, 3.8) is 0 Å². The Hall–Kier alpha value is -1.27. The van der Waals surface area contributed by atoms with Crippen molar-refractivity contribution in [3.8, 4) is 0 Å². The number of halogens is 1. The number of amides is 2. The molecular formula is C13H17ClN2O3S. The number of thiophene rings is 1. The molecule has 1 unspecified atom stereocenters. The van der Waals surface area contributed by atoms with Crippen molar-refractivity contribution in [3.05, 3.63) is 21.3 Å². The number of hydrogen-bond donors (Lipinski definition) is 2. The van der Waals surface area contributed by atoms with Crippen LogP contribution in [-0.4, -0.2) is 41.1 Å². The summed E-state index contributed by atoms with van der Waals surface area (Å²) in [6.07, 6.45) is 0.686. The fourth-order valence-corrected chi connectivity index (χ4v) is 3.37. The smallest absolute Gasteiger partial charge is 0.407 e. The lowest BCUT2D eigenvalue weighted by Crippen LogP contribution is -2.45. The zero-order valence-corrected chi connectivity index (χ0v) is 12.7. The number of nitrogens with one attached hydrogen (secondary N) is 1. The number of carbonyl (C=O) groups excluding carboxylic acids is 1. The van der Waals surface area contributed by atoms with Crippen molar-refractivity contribution in [1.82, 2.24) is 10.2 Å². The van der Waals surface area contributed by atoms with Crippen LogP contribution in [0.25, 0.3) is 0 Å².